The molecule has 0 spiro atoms. The first-order valence-corrected chi connectivity index (χ1v) is 40.6. The van der Waals surface area contributed by atoms with Crippen LogP contribution < -0.4 is 50.3 Å². The fraction of sp³-hybridized carbons (Fsp3) is 0.571. The Balaban J connectivity index is 0.000000694. The van der Waals surface area contributed by atoms with Crippen LogP contribution in [0.4, 0.5) is 0 Å². The summed E-state index contributed by atoms with van der Waals surface area (Å²) < 4.78 is 25.2. The highest BCUT2D eigenvalue weighted by molar-refractivity contribution is 5.77. The maximum atomic E-state index is 11.8. The van der Waals surface area contributed by atoms with Gasteiger partial charge in [-0.2, -0.15) is 0 Å². The molecule has 0 saturated carbocycles. The first-order chi connectivity index (χ1) is 53.1. The Kier molecular flexibility index (Phi) is 56.3. The van der Waals surface area contributed by atoms with Crippen molar-refractivity contribution in [2.24, 2.45) is 29.6 Å². The molecule has 0 aliphatic heterocycles. The summed E-state index contributed by atoms with van der Waals surface area (Å²) in [4.78, 5) is 58.9. The minimum Gasteiger partial charge on any atom is -0.504 e. The van der Waals surface area contributed by atoms with E-state index in [2.05, 4.69) is 120 Å². The Morgan fingerprint density at radius 3 is 0.694 bits per heavy atom. The van der Waals surface area contributed by atoms with Crippen molar-refractivity contribution < 1.29 is 73.2 Å². The van der Waals surface area contributed by atoms with Crippen molar-refractivity contribution in [1.82, 2.24) is 26.6 Å². The summed E-state index contributed by atoms with van der Waals surface area (Å²) in [6, 6.07) is 25.4. The van der Waals surface area contributed by atoms with E-state index >= 15 is 0 Å². The third kappa shape index (κ3) is 52.7. The number of unbranched alkanes of at least 4 members (excludes halogenated alkanes) is 14. The monoisotopic (exact) mass is 1550 g/mol. The number of aromatic hydroxyl groups is 5. The maximum Gasteiger partial charge on any atom is 0.220 e. The maximum absolute atomic E-state index is 11.8. The second-order valence-electron chi connectivity index (χ2n) is 30.1. The normalized spacial score (nSPS) is 10.9. The molecule has 0 fully saturated rings. The van der Waals surface area contributed by atoms with Crippen molar-refractivity contribution in [2.75, 3.05) is 35.5 Å². The molecule has 0 unspecified atom stereocenters. The molecule has 5 amide bonds. The number of benzene rings is 5. The van der Waals surface area contributed by atoms with Crippen LogP contribution in [0.2, 0.25) is 0 Å². The molecule has 0 saturated heterocycles. The third-order valence-corrected chi connectivity index (χ3v) is 17.8. The predicted octanol–water partition coefficient (Wildman–Crippen LogP) is 20.0. The molecule has 0 aliphatic carbocycles. The van der Waals surface area contributed by atoms with E-state index in [1.807, 2.05) is 0 Å². The van der Waals surface area contributed by atoms with Crippen molar-refractivity contribution in [3.63, 3.8) is 0 Å². The van der Waals surface area contributed by atoms with Gasteiger partial charge in [0.2, 0.25) is 29.5 Å². The topological polar surface area (TPSA) is 293 Å². The Morgan fingerprint density at radius 1 is 0.288 bits per heavy atom. The molecule has 622 valence electrons. The van der Waals surface area contributed by atoms with Crippen LogP contribution in [0.15, 0.2) is 115 Å². The number of hydrogen-bond acceptors (Lipinski definition) is 15. The Bertz CT molecular complexity index is 3400. The van der Waals surface area contributed by atoms with E-state index in [9.17, 15) is 49.5 Å². The lowest BCUT2D eigenvalue weighted by Gasteiger charge is -2.08. The Morgan fingerprint density at radius 2 is 0.477 bits per heavy atom. The first kappa shape index (κ1) is 99.9. The number of methoxy groups -OCH3 is 5. The number of allylic oxidation sites excluding steroid dienone is 4. The van der Waals surface area contributed by atoms with Gasteiger partial charge in [-0.15, -0.1) is 0 Å². The summed E-state index contributed by atoms with van der Waals surface area (Å²) in [5.74, 6) is 6.52. The molecule has 5 aromatic carbocycles. The molecule has 0 radical (unpaired) electrons. The third-order valence-electron chi connectivity index (χ3n) is 17.8. The summed E-state index contributed by atoms with van der Waals surface area (Å²) in [5, 5.41) is 62.1. The minimum atomic E-state index is 0.0554. The molecular weight excluding hydrogens is 1400 g/mol. The first-order valence-electron chi connectivity index (χ1n) is 40.6. The van der Waals surface area contributed by atoms with E-state index in [0.717, 1.165) is 129 Å². The van der Waals surface area contributed by atoms with Crippen LogP contribution in [-0.2, 0) is 56.7 Å². The number of carbonyl (C=O) groups is 5. The van der Waals surface area contributed by atoms with E-state index in [-0.39, 0.29) is 58.3 Å². The molecule has 10 N–H and O–H groups in total. The van der Waals surface area contributed by atoms with Gasteiger partial charge in [0.25, 0.3) is 0 Å². The van der Waals surface area contributed by atoms with E-state index in [1.165, 1.54) is 93.3 Å². The van der Waals surface area contributed by atoms with E-state index in [0.29, 0.717) is 105 Å². The summed E-state index contributed by atoms with van der Waals surface area (Å²) >= 11 is 0. The lowest BCUT2D eigenvalue weighted by Crippen LogP contribution is -2.22. The average molecular weight is 1550 g/mol. The van der Waals surface area contributed by atoms with Crippen LogP contribution in [0.5, 0.6) is 57.5 Å². The van der Waals surface area contributed by atoms with Gasteiger partial charge >= 0.3 is 0 Å². The van der Waals surface area contributed by atoms with Crippen LogP contribution in [0, 0.1) is 29.6 Å². The van der Waals surface area contributed by atoms with Crippen LogP contribution >= 0.6 is 0 Å². The highest BCUT2D eigenvalue weighted by Crippen LogP contribution is 2.31. The van der Waals surface area contributed by atoms with Crippen molar-refractivity contribution in [3.05, 3.63) is 143 Å². The van der Waals surface area contributed by atoms with E-state index < -0.39 is 0 Å². The number of carbonyl (C=O) groups excluding carboxylic acids is 5. The van der Waals surface area contributed by atoms with Crippen LogP contribution in [0.1, 0.15) is 270 Å². The van der Waals surface area contributed by atoms with Gasteiger partial charge in [-0.05, 0) is 176 Å². The van der Waals surface area contributed by atoms with Gasteiger partial charge in [0.1, 0.15) is 0 Å². The second-order valence-corrected chi connectivity index (χ2v) is 30.1. The van der Waals surface area contributed by atoms with E-state index in [1.54, 1.807) is 91.0 Å². The smallest absolute Gasteiger partial charge is 0.220 e. The van der Waals surface area contributed by atoms with Gasteiger partial charge in [-0.25, -0.2) is 0 Å². The lowest BCUT2D eigenvalue weighted by atomic mass is 10.0. The average Bonchev–Trinajstić information content (AvgIpc) is 0.905. The number of amides is 5. The van der Waals surface area contributed by atoms with Crippen LogP contribution in [0.25, 0.3) is 0 Å². The number of phenols is 5. The summed E-state index contributed by atoms with van der Waals surface area (Å²) in [7, 11) is 7.54. The SMILES string of the molecule is COc1cc(CNC(=O)CCCC/C=C/C(C)C)ccc1O.COc1cc(CNC(=O)CCCCC/C=C/C(C)C)ccc1O.COc1cc(CNC(=O)CCCCCC(C)C)ccc1O.COc1cc(CNC(=O)CCCCCCC(C)C)ccc1O.COc1cc(CNC(=O)CCCCCCCC(C)C)ccc1O. The number of ether oxygens (including phenoxy) is 5. The number of hydrogen-bond donors (Lipinski definition) is 10. The molecule has 5 aromatic rings. The summed E-state index contributed by atoms with van der Waals surface area (Å²) in [5.41, 5.74) is 4.56. The van der Waals surface area contributed by atoms with Crippen molar-refractivity contribution in [1.29, 1.82) is 0 Å². The molecular formula is C91H143N5O15. The molecule has 0 bridgehead atoms. The van der Waals surface area contributed by atoms with Gasteiger partial charge in [-0.1, -0.05) is 207 Å². The zero-order valence-electron chi connectivity index (χ0n) is 70.3. The highest BCUT2D eigenvalue weighted by atomic mass is 16.5. The lowest BCUT2D eigenvalue weighted by molar-refractivity contribution is -0.122. The zero-order chi connectivity index (χ0) is 82.6. The fourth-order valence-corrected chi connectivity index (χ4v) is 11.2. The second kappa shape index (κ2) is 62.6. The van der Waals surface area contributed by atoms with Crippen LogP contribution in [-0.4, -0.2) is 90.6 Å². The van der Waals surface area contributed by atoms with Gasteiger partial charge in [-0.3, -0.25) is 24.0 Å². The Labute approximate surface area is 667 Å². The number of phenolic OH excluding ortho intramolecular Hbond substituents is 5. The molecule has 0 heterocycles. The van der Waals surface area contributed by atoms with Crippen LogP contribution in [0.3, 0.4) is 0 Å². The predicted molar refractivity (Wildman–Crippen MR) is 450 cm³/mol. The van der Waals surface area contributed by atoms with Gasteiger partial charge < -0.3 is 75.8 Å². The summed E-state index contributed by atoms with van der Waals surface area (Å²) in [6.07, 6.45) is 36.3. The van der Waals surface area contributed by atoms with Gasteiger partial charge in [0.15, 0.2) is 57.5 Å². The quantitative estimate of drug-likeness (QED) is 0.0128. The minimum absolute atomic E-state index is 0.0554. The molecule has 5 rings (SSSR count). The summed E-state index contributed by atoms with van der Waals surface area (Å²) in [6.45, 7) is 24.4. The fourth-order valence-electron chi connectivity index (χ4n) is 11.2. The zero-order valence-corrected chi connectivity index (χ0v) is 70.3. The number of nitrogens with one attached hydrogen (secondary N) is 5. The highest BCUT2D eigenvalue weighted by Gasteiger charge is 2.12. The molecule has 0 atom stereocenters. The van der Waals surface area contributed by atoms with E-state index in [4.69, 9.17) is 23.7 Å². The van der Waals surface area contributed by atoms with Crippen molar-refractivity contribution in [3.8, 4) is 57.5 Å². The molecule has 20 heteroatoms. The molecule has 0 aliphatic rings. The molecule has 20 nitrogen and oxygen atoms in total. The largest absolute Gasteiger partial charge is 0.504 e. The van der Waals surface area contributed by atoms with Crippen molar-refractivity contribution in [2.45, 2.75) is 275 Å². The Hall–Kier alpha value is -9.07. The van der Waals surface area contributed by atoms with Gasteiger partial charge in [0.05, 0.1) is 35.5 Å². The van der Waals surface area contributed by atoms with Crippen molar-refractivity contribution >= 4 is 29.5 Å². The molecule has 0 aromatic heterocycles. The standard InChI is InChI=1S/C19H31NO3.C19H29NO3.C18H29NO3.C18H27NO3.C17H27NO3/c2*1-15(2)9-7-5-4-6-8-10-19(22)20-14-16-11-12-17(21)18(13-16)23-3;2*1-14(2)8-6-4-5-7-9-18(21)19-13-15-10-11-16(20)17(12-15)22-3;1-13(2)7-5-4-6-8-17(20)18-12-14-9-10-15(19)16(11-14)21-3/h11-13,15,21H,4-10,14H2,1-3H3,(H,20,22);7,9,11-13,15,21H,4-6,8,10,14H2,1-3H3,(H,20,22);10-12,14,20H,4-9,13H2,1-3H3,(H,19,21);6,8,10-12,14,20H,4-5,7,9,13H2,1-3H3,(H,19,21);9-11,13,19H,4-8,12H2,1-3H3,(H,18,20)/b;9-7+;;8-6+;. The number of rotatable bonds is 49. The molecule has 111 heavy (non-hydrogen) atoms. The van der Waals surface area contributed by atoms with Gasteiger partial charge in [0, 0.05) is 64.8 Å².